The van der Waals surface area contributed by atoms with Gasteiger partial charge in [-0.2, -0.15) is 0 Å². The van der Waals surface area contributed by atoms with Crippen LogP contribution in [0.2, 0.25) is 0 Å². The zero-order valence-electron chi connectivity index (χ0n) is 14.0. The van der Waals surface area contributed by atoms with Crippen molar-refractivity contribution in [2.75, 3.05) is 14.2 Å². The predicted octanol–water partition coefficient (Wildman–Crippen LogP) is 2.32. The van der Waals surface area contributed by atoms with E-state index in [1.807, 2.05) is 0 Å². The molecule has 1 aliphatic rings. The number of methoxy groups -OCH3 is 2. The summed E-state index contributed by atoms with van der Waals surface area (Å²) in [6, 6.07) is 5.56. The number of carbonyl (C=O) groups is 3. The minimum absolute atomic E-state index is 0.0824. The fourth-order valence-corrected chi connectivity index (χ4v) is 3.09. The Morgan fingerprint density at radius 1 is 1.04 bits per heavy atom. The van der Waals surface area contributed by atoms with Crippen molar-refractivity contribution in [3.63, 3.8) is 0 Å². The van der Waals surface area contributed by atoms with Crippen LogP contribution >= 0.6 is 0 Å². The first-order valence-corrected chi connectivity index (χ1v) is 8.14. The second-order valence-corrected chi connectivity index (χ2v) is 5.94. The molecule has 0 unspecified atom stereocenters. The maximum atomic E-state index is 12.5. The molecule has 1 N–H and O–H groups in total. The van der Waals surface area contributed by atoms with E-state index in [2.05, 4.69) is 10.1 Å². The fourth-order valence-electron chi connectivity index (χ4n) is 3.09. The lowest BCUT2D eigenvalue weighted by Crippen LogP contribution is -2.47. The molecule has 1 amide bonds. The van der Waals surface area contributed by atoms with Crippen LogP contribution in [0, 0.1) is 5.92 Å². The molecule has 0 aliphatic heterocycles. The molecule has 1 saturated carbocycles. The number of carbonyl (C=O) groups excluding carboxylic acids is 3. The van der Waals surface area contributed by atoms with Crippen molar-refractivity contribution in [2.45, 2.75) is 38.1 Å². The molecule has 0 bridgehead atoms. The topological polar surface area (TPSA) is 81.7 Å². The molecule has 1 aromatic carbocycles. The number of rotatable bonds is 5. The average molecular weight is 333 g/mol. The lowest BCUT2D eigenvalue weighted by atomic mass is 9.83. The van der Waals surface area contributed by atoms with Crippen molar-refractivity contribution < 1.29 is 23.9 Å². The van der Waals surface area contributed by atoms with Gasteiger partial charge in [0.1, 0.15) is 6.04 Å². The lowest BCUT2D eigenvalue weighted by Gasteiger charge is -2.29. The summed E-state index contributed by atoms with van der Waals surface area (Å²) >= 11 is 0. The van der Waals surface area contributed by atoms with Crippen LogP contribution in [0.5, 0.6) is 0 Å². The summed E-state index contributed by atoms with van der Waals surface area (Å²) in [6.45, 7) is 0. The highest BCUT2D eigenvalue weighted by molar-refractivity contribution is 5.99. The summed E-state index contributed by atoms with van der Waals surface area (Å²) in [5.41, 5.74) is 0.597. The minimum Gasteiger partial charge on any atom is -0.467 e. The van der Waals surface area contributed by atoms with Crippen LogP contribution in [-0.2, 0) is 14.3 Å². The van der Waals surface area contributed by atoms with Crippen LogP contribution in [0.1, 0.15) is 52.8 Å². The van der Waals surface area contributed by atoms with Crippen molar-refractivity contribution in [3.8, 4) is 0 Å². The highest BCUT2D eigenvalue weighted by atomic mass is 16.5. The number of amides is 1. The SMILES string of the molecule is COC(=O)c1cccc(C(=O)N[C@@H](C(=O)OC)C2CCCCC2)c1. The first-order chi connectivity index (χ1) is 11.6. The minimum atomic E-state index is -0.662. The number of benzene rings is 1. The smallest absolute Gasteiger partial charge is 0.337 e. The van der Waals surface area contributed by atoms with Crippen LogP contribution in [0.25, 0.3) is 0 Å². The van der Waals surface area contributed by atoms with Crippen molar-refractivity contribution >= 4 is 17.8 Å². The van der Waals surface area contributed by atoms with E-state index in [1.165, 1.54) is 20.3 Å². The van der Waals surface area contributed by atoms with Crippen LogP contribution in [-0.4, -0.2) is 38.1 Å². The number of hydrogen-bond acceptors (Lipinski definition) is 5. The standard InChI is InChI=1S/C18H23NO5/c1-23-17(21)14-10-6-9-13(11-14)16(20)19-15(18(22)24-2)12-7-4-3-5-8-12/h6,9-12,15H,3-5,7-8H2,1-2H3,(H,19,20)/t15-/m1/s1. The lowest BCUT2D eigenvalue weighted by molar-refractivity contribution is -0.144. The molecule has 0 spiro atoms. The van der Waals surface area contributed by atoms with Gasteiger partial charge in [-0.3, -0.25) is 4.79 Å². The maximum Gasteiger partial charge on any atom is 0.337 e. The first-order valence-electron chi connectivity index (χ1n) is 8.14. The molecule has 1 fully saturated rings. The van der Waals surface area contributed by atoms with Gasteiger partial charge in [-0.15, -0.1) is 0 Å². The zero-order valence-corrected chi connectivity index (χ0v) is 14.0. The molecule has 1 aromatic rings. The van der Waals surface area contributed by atoms with Gasteiger partial charge in [0, 0.05) is 5.56 Å². The summed E-state index contributed by atoms with van der Waals surface area (Å²) in [5.74, 6) is -1.26. The fraction of sp³-hybridized carbons (Fsp3) is 0.500. The van der Waals surface area contributed by atoms with Crippen molar-refractivity contribution in [2.24, 2.45) is 5.92 Å². The molecule has 0 aromatic heterocycles. The Balaban J connectivity index is 2.15. The van der Waals surface area contributed by atoms with Gasteiger partial charge in [-0.05, 0) is 37.0 Å². The molecule has 130 valence electrons. The molecular formula is C18H23NO5. The van der Waals surface area contributed by atoms with Gasteiger partial charge in [0.05, 0.1) is 19.8 Å². The highest BCUT2D eigenvalue weighted by Gasteiger charge is 2.32. The van der Waals surface area contributed by atoms with Crippen LogP contribution in [0.15, 0.2) is 24.3 Å². The Hall–Kier alpha value is -2.37. The second kappa shape index (κ2) is 8.47. The summed E-state index contributed by atoms with van der Waals surface area (Å²) < 4.78 is 9.51. The van der Waals surface area contributed by atoms with Crippen LogP contribution in [0.4, 0.5) is 0 Å². The normalized spacial score (nSPS) is 16.1. The van der Waals surface area contributed by atoms with Gasteiger partial charge in [-0.1, -0.05) is 25.3 Å². The summed E-state index contributed by atoms with van der Waals surface area (Å²) in [7, 11) is 2.60. The monoisotopic (exact) mass is 333 g/mol. The van der Waals surface area contributed by atoms with Gasteiger partial charge >= 0.3 is 11.9 Å². The molecule has 0 radical (unpaired) electrons. The Labute approximate surface area is 141 Å². The number of ether oxygens (including phenoxy) is 2. The molecular weight excluding hydrogens is 310 g/mol. The molecule has 1 aliphatic carbocycles. The summed E-state index contributed by atoms with van der Waals surface area (Å²) in [6.07, 6.45) is 5.03. The molecule has 1 atom stereocenters. The van der Waals surface area contributed by atoms with Gasteiger partial charge < -0.3 is 14.8 Å². The molecule has 0 saturated heterocycles. The Bertz CT molecular complexity index is 607. The van der Waals surface area contributed by atoms with E-state index in [1.54, 1.807) is 18.2 Å². The highest BCUT2D eigenvalue weighted by Crippen LogP contribution is 2.27. The predicted molar refractivity (Wildman–Crippen MR) is 87.6 cm³/mol. The van der Waals surface area contributed by atoms with E-state index in [4.69, 9.17) is 4.74 Å². The maximum absolute atomic E-state index is 12.5. The quantitative estimate of drug-likeness (QED) is 0.836. The van der Waals surface area contributed by atoms with E-state index in [0.717, 1.165) is 32.1 Å². The molecule has 0 heterocycles. The largest absolute Gasteiger partial charge is 0.467 e. The third-order valence-electron chi connectivity index (χ3n) is 4.41. The Kier molecular flexibility index (Phi) is 6.35. The number of esters is 2. The van der Waals surface area contributed by atoms with Crippen LogP contribution in [0.3, 0.4) is 0 Å². The van der Waals surface area contributed by atoms with E-state index in [-0.39, 0.29) is 11.5 Å². The first kappa shape index (κ1) is 18.0. The van der Waals surface area contributed by atoms with Crippen molar-refractivity contribution in [3.05, 3.63) is 35.4 Å². The zero-order chi connectivity index (χ0) is 17.5. The molecule has 24 heavy (non-hydrogen) atoms. The molecule has 6 heteroatoms. The summed E-state index contributed by atoms with van der Waals surface area (Å²) in [5, 5.41) is 2.77. The number of hydrogen-bond donors (Lipinski definition) is 1. The van der Waals surface area contributed by atoms with Gasteiger partial charge in [0.2, 0.25) is 0 Å². The van der Waals surface area contributed by atoms with Crippen molar-refractivity contribution in [1.82, 2.24) is 5.32 Å². The van der Waals surface area contributed by atoms with Gasteiger partial charge in [0.15, 0.2) is 0 Å². The average Bonchev–Trinajstić information content (AvgIpc) is 2.65. The van der Waals surface area contributed by atoms with E-state index < -0.39 is 23.9 Å². The molecule has 2 rings (SSSR count). The van der Waals surface area contributed by atoms with E-state index in [9.17, 15) is 14.4 Å². The van der Waals surface area contributed by atoms with E-state index >= 15 is 0 Å². The second-order valence-electron chi connectivity index (χ2n) is 5.94. The summed E-state index contributed by atoms with van der Waals surface area (Å²) in [4.78, 5) is 36.2. The van der Waals surface area contributed by atoms with Gasteiger partial charge in [0.25, 0.3) is 5.91 Å². The molecule has 6 nitrogen and oxygen atoms in total. The third kappa shape index (κ3) is 4.34. The van der Waals surface area contributed by atoms with E-state index in [0.29, 0.717) is 5.56 Å². The van der Waals surface area contributed by atoms with Crippen molar-refractivity contribution in [1.29, 1.82) is 0 Å². The number of nitrogens with one attached hydrogen (secondary N) is 1. The Morgan fingerprint density at radius 2 is 1.71 bits per heavy atom. The van der Waals surface area contributed by atoms with Crippen LogP contribution < -0.4 is 5.32 Å². The Morgan fingerprint density at radius 3 is 2.33 bits per heavy atom. The van der Waals surface area contributed by atoms with Gasteiger partial charge in [-0.25, -0.2) is 9.59 Å². The third-order valence-corrected chi connectivity index (χ3v) is 4.41.